The smallest absolute Gasteiger partial charge is 0.147 e. The minimum absolute atomic E-state index is 0. The van der Waals surface area contributed by atoms with Gasteiger partial charge in [0.05, 0.1) is 45.4 Å². The van der Waals surface area contributed by atoms with Crippen LogP contribution in [0.4, 0.5) is 0 Å². The third-order valence-corrected chi connectivity index (χ3v) is 3.87. The standard InChI is InChI=1S/C15H34N2O5S.2H2/c1-15(2)17-7-9-21-11-13-22-12-10-20-8-6-16-5-4-14-23(3,18)19;;/h15-17H,4-14H2,1-3H3;2*1H. The molecule has 8 heteroatoms. The second kappa shape index (κ2) is 15.3. The van der Waals surface area contributed by atoms with E-state index in [1.54, 1.807) is 0 Å². The third kappa shape index (κ3) is 21.8. The number of sulfone groups is 1. The molecule has 0 unspecified atom stereocenters. The van der Waals surface area contributed by atoms with E-state index in [4.69, 9.17) is 14.2 Å². The van der Waals surface area contributed by atoms with E-state index in [1.807, 2.05) is 0 Å². The zero-order valence-corrected chi connectivity index (χ0v) is 15.6. The molecule has 0 fully saturated rings. The lowest BCUT2D eigenvalue weighted by molar-refractivity contribution is 0.0156. The van der Waals surface area contributed by atoms with Crippen LogP contribution in [0.1, 0.15) is 23.1 Å². The second-order valence-electron chi connectivity index (χ2n) is 5.68. The van der Waals surface area contributed by atoms with Crippen molar-refractivity contribution in [3.05, 3.63) is 0 Å². The molecule has 0 aliphatic carbocycles. The first-order chi connectivity index (χ1) is 10.9. The summed E-state index contributed by atoms with van der Waals surface area (Å²) in [5, 5.41) is 6.42. The van der Waals surface area contributed by atoms with Gasteiger partial charge in [0.2, 0.25) is 0 Å². The van der Waals surface area contributed by atoms with Crippen molar-refractivity contribution in [1.82, 2.24) is 10.6 Å². The van der Waals surface area contributed by atoms with Crippen LogP contribution in [0.5, 0.6) is 0 Å². The van der Waals surface area contributed by atoms with E-state index in [0.29, 0.717) is 58.6 Å². The Labute approximate surface area is 144 Å². The summed E-state index contributed by atoms with van der Waals surface area (Å²) in [7, 11) is -2.85. The fourth-order valence-electron chi connectivity index (χ4n) is 1.69. The van der Waals surface area contributed by atoms with Gasteiger partial charge in [-0.3, -0.25) is 0 Å². The summed E-state index contributed by atoms with van der Waals surface area (Å²) < 4.78 is 38.0. The summed E-state index contributed by atoms with van der Waals surface area (Å²) in [5.41, 5.74) is 0. The monoisotopic (exact) mass is 358 g/mol. The van der Waals surface area contributed by atoms with Crippen molar-refractivity contribution in [3.63, 3.8) is 0 Å². The summed E-state index contributed by atoms with van der Waals surface area (Å²) in [5.74, 6) is 0.226. The number of ether oxygens (including phenoxy) is 3. The van der Waals surface area contributed by atoms with E-state index in [9.17, 15) is 8.42 Å². The van der Waals surface area contributed by atoms with Crippen LogP contribution in [0.15, 0.2) is 0 Å². The molecule has 7 nitrogen and oxygen atoms in total. The summed E-state index contributed by atoms with van der Waals surface area (Å²) in [6.07, 6.45) is 1.89. The van der Waals surface area contributed by atoms with Crippen molar-refractivity contribution in [3.8, 4) is 0 Å². The highest BCUT2D eigenvalue weighted by molar-refractivity contribution is 7.90. The van der Waals surface area contributed by atoms with Gasteiger partial charge in [0.15, 0.2) is 0 Å². The number of hydrogen-bond donors (Lipinski definition) is 2. The Morgan fingerprint density at radius 1 is 0.870 bits per heavy atom. The normalized spacial score (nSPS) is 12.2. The molecule has 0 aliphatic heterocycles. The van der Waals surface area contributed by atoms with Crippen LogP contribution in [0.25, 0.3) is 0 Å². The van der Waals surface area contributed by atoms with Gasteiger partial charge in [0.25, 0.3) is 0 Å². The summed E-state index contributed by atoms with van der Waals surface area (Å²) in [4.78, 5) is 0. The average Bonchev–Trinajstić information content (AvgIpc) is 2.45. The Morgan fingerprint density at radius 3 is 1.91 bits per heavy atom. The van der Waals surface area contributed by atoms with Gasteiger partial charge < -0.3 is 24.8 Å². The molecule has 0 saturated heterocycles. The van der Waals surface area contributed by atoms with E-state index in [1.165, 1.54) is 6.26 Å². The fraction of sp³-hybridized carbons (Fsp3) is 1.00. The lowest BCUT2D eigenvalue weighted by Gasteiger charge is -2.09. The molecule has 0 bridgehead atoms. The van der Waals surface area contributed by atoms with Gasteiger partial charge in [-0.15, -0.1) is 0 Å². The lowest BCUT2D eigenvalue weighted by Crippen LogP contribution is -2.27. The van der Waals surface area contributed by atoms with E-state index in [-0.39, 0.29) is 8.61 Å². The summed E-state index contributed by atoms with van der Waals surface area (Å²) in [6.45, 7) is 10.1. The molecule has 23 heavy (non-hydrogen) atoms. The highest BCUT2D eigenvalue weighted by Gasteiger charge is 2.00. The fourth-order valence-corrected chi connectivity index (χ4v) is 2.36. The average molecular weight is 359 g/mol. The summed E-state index contributed by atoms with van der Waals surface area (Å²) in [6, 6.07) is 0.487. The molecular formula is C15H38N2O5S. The number of hydrogen-bond acceptors (Lipinski definition) is 7. The van der Waals surface area contributed by atoms with E-state index in [0.717, 1.165) is 13.1 Å². The molecule has 0 amide bonds. The number of rotatable bonds is 17. The molecule has 2 N–H and O–H groups in total. The molecule has 0 aromatic carbocycles. The van der Waals surface area contributed by atoms with Gasteiger partial charge >= 0.3 is 0 Å². The Bertz CT molecular complexity index is 360. The predicted molar refractivity (Wildman–Crippen MR) is 97.0 cm³/mol. The van der Waals surface area contributed by atoms with Gasteiger partial charge in [0.1, 0.15) is 9.84 Å². The van der Waals surface area contributed by atoms with Crippen LogP contribution in [-0.2, 0) is 24.0 Å². The first kappa shape index (κ1) is 22.8. The Kier molecular flexibility index (Phi) is 15.1. The Morgan fingerprint density at radius 2 is 1.39 bits per heavy atom. The first-order valence-electron chi connectivity index (χ1n) is 8.27. The van der Waals surface area contributed by atoms with Gasteiger partial charge in [-0.05, 0) is 13.0 Å². The van der Waals surface area contributed by atoms with Crippen LogP contribution >= 0.6 is 0 Å². The van der Waals surface area contributed by atoms with Crippen molar-refractivity contribution in [2.75, 3.05) is 71.3 Å². The molecule has 0 saturated carbocycles. The maximum atomic E-state index is 10.9. The van der Waals surface area contributed by atoms with Crippen LogP contribution in [0.2, 0.25) is 0 Å². The molecular weight excluding hydrogens is 320 g/mol. The second-order valence-corrected chi connectivity index (χ2v) is 7.94. The van der Waals surface area contributed by atoms with Gasteiger partial charge in [-0.2, -0.15) is 0 Å². The summed E-state index contributed by atoms with van der Waals surface area (Å²) >= 11 is 0. The molecule has 0 rings (SSSR count). The zero-order valence-electron chi connectivity index (χ0n) is 14.8. The quantitative estimate of drug-likeness (QED) is 0.367. The topological polar surface area (TPSA) is 85.9 Å². The van der Waals surface area contributed by atoms with Crippen molar-refractivity contribution in [1.29, 1.82) is 0 Å². The highest BCUT2D eigenvalue weighted by atomic mass is 32.2. The Balaban J connectivity index is -0.00000242. The van der Waals surface area contributed by atoms with Crippen LogP contribution in [0.3, 0.4) is 0 Å². The van der Waals surface area contributed by atoms with Crippen molar-refractivity contribution >= 4 is 9.84 Å². The third-order valence-electron chi connectivity index (χ3n) is 2.83. The number of nitrogens with one attached hydrogen (secondary N) is 2. The maximum Gasteiger partial charge on any atom is 0.147 e. The van der Waals surface area contributed by atoms with Crippen LogP contribution < -0.4 is 10.6 Å². The first-order valence-corrected chi connectivity index (χ1v) is 10.3. The largest absolute Gasteiger partial charge is 0.378 e. The molecule has 0 heterocycles. The molecule has 144 valence electrons. The van der Waals surface area contributed by atoms with E-state index < -0.39 is 9.84 Å². The molecule has 0 aliphatic rings. The van der Waals surface area contributed by atoms with Crippen molar-refractivity contribution in [2.45, 2.75) is 26.3 Å². The van der Waals surface area contributed by atoms with Crippen molar-refractivity contribution in [2.24, 2.45) is 0 Å². The highest BCUT2D eigenvalue weighted by Crippen LogP contribution is 1.87. The zero-order chi connectivity index (χ0) is 17.4. The SMILES string of the molecule is CC(C)NCCOCCOCCOCCNCCCS(C)(=O)=O.[HH].[HH]. The molecule has 0 spiro atoms. The molecule has 0 atom stereocenters. The van der Waals surface area contributed by atoms with E-state index >= 15 is 0 Å². The van der Waals surface area contributed by atoms with Gasteiger partial charge in [-0.25, -0.2) is 8.42 Å². The van der Waals surface area contributed by atoms with Crippen LogP contribution in [-0.4, -0.2) is 85.7 Å². The minimum atomic E-state index is -2.85. The predicted octanol–water partition coefficient (Wildman–Crippen LogP) is 0.551. The van der Waals surface area contributed by atoms with Gasteiger partial charge in [-0.1, -0.05) is 13.8 Å². The van der Waals surface area contributed by atoms with Crippen molar-refractivity contribution < 1.29 is 25.5 Å². The Hall–Kier alpha value is -0.250. The maximum absolute atomic E-state index is 10.9. The molecule has 0 aromatic heterocycles. The van der Waals surface area contributed by atoms with Gasteiger partial charge in [0, 0.05) is 28.2 Å². The molecule has 0 aromatic rings. The minimum Gasteiger partial charge on any atom is -0.378 e. The van der Waals surface area contributed by atoms with E-state index in [2.05, 4.69) is 24.5 Å². The molecule has 0 radical (unpaired) electrons. The lowest BCUT2D eigenvalue weighted by atomic mass is 10.4. The van der Waals surface area contributed by atoms with Crippen LogP contribution in [0, 0.1) is 0 Å².